The SMILES string of the molecule is COc1ccc(OC)c([C@H]2CCN(C(=O)CN3CCNC(=O)C3)C2)c1. The summed E-state index contributed by atoms with van der Waals surface area (Å²) in [7, 11) is 3.30. The van der Waals surface area contributed by atoms with E-state index in [2.05, 4.69) is 5.32 Å². The second-order valence-electron chi connectivity index (χ2n) is 6.49. The van der Waals surface area contributed by atoms with Crippen LogP contribution in [0.5, 0.6) is 11.5 Å². The summed E-state index contributed by atoms with van der Waals surface area (Å²) in [5.74, 6) is 1.92. The summed E-state index contributed by atoms with van der Waals surface area (Å²) < 4.78 is 10.8. The van der Waals surface area contributed by atoms with Crippen LogP contribution in [0.3, 0.4) is 0 Å². The molecule has 0 unspecified atom stereocenters. The summed E-state index contributed by atoms with van der Waals surface area (Å²) in [4.78, 5) is 27.8. The molecule has 136 valence electrons. The molecule has 2 amide bonds. The molecule has 1 N–H and O–H groups in total. The van der Waals surface area contributed by atoms with E-state index in [4.69, 9.17) is 9.47 Å². The number of likely N-dealkylation sites (tertiary alicyclic amines) is 1. The van der Waals surface area contributed by atoms with Gasteiger partial charge >= 0.3 is 0 Å². The summed E-state index contributed by atoms with van der Waals surface area (Å²) in [6.45, 7) is 3.32. The average Bonchev–Trinajstić information content (AvgIpc) is 3.11. The first kappa shape index (κ1) is 17.5. The van der Waals surface area contributed by atoms with E-state index in [0.29, 0.717) is 26.2 Å². The number of carbonyl (C=O) groups excluding carboxylic acids is 2. The number of amides is 2. The number of piperazine rings is 1. The Kier molecular flexibility index (Phi) is 5.43. The Bertz CT molecular complexity index is 649. The normalized spacial score (nSPS) is 21.1. The van der Waals surface area contributed by atoms with Gasteiger partial charge in [-0.1, -0.05) is 0 Å². The highest BCUT2D eigenvalue weighted by molar-refractivity contribution is 5.82. The van der Waals surface area contributed by atoms with Crippen LogP contribution in [-0.2, 0) is 9.59 Å². The van der Waals surface area contributed by atoms with Gasteiger partial charge in [0.25, 0.3) is 0 Å². The van der Waals surface area contributed by atoms with Crippen LogP contribution < -0.4 is 14.8 Å². The second-order valence-corrected chi connectivity index (χ2v) is 6.49. The molecule has 3 rings (SSSR count). The van der Waals surface area contributed by atoms with Gasteiger partial charge in [-0.05, 0) is 24.6 Å². The van der Waals surface area contributed by atoms with Gasteiger partial charge in [0, 0.05) is 37.7 Å². The molecule has 1 atom stereocenters. The highest BCUT2D eigenvalue weighted by Crippen LogP contribution is 2.36. The zero-order chi connectivity index (χ0) is 17.8. The molecular weight excluding hydrogens is 322 g/mol. The fourth-order valence-electron chi connectivity index (χ4n) is 3.52. The van der Waals surface area contributed by atoms with Gasteiger partial charge in [-0.3, -0.25) is 14.5 Å². The van der Waals surface area contributed by atoms with Crippen LogP contribution >= 0.6 is 0 Å². The fraction of sp³-hybridized carbons (Fsp3) is 0.556. The lowest BCUT2D eigenvalue weighted by Crippen LogP contribution is -2.50. The average molecular weight is 347 g/mol. The van der Waals surface area contributed by atoms with Gasteiger partial charge < -0.3 is 19.7 Å². The molecule has 2 aliphatic rings. The Morgan fingerprint density at radius 3 is 2.84 bits per heavy atom. The standard InChI is InChI=1S/C18H25N3O4/c1-24-14-3-4-16(25-2)15(9-14)13-5-7-21(10-13)18(23)12-20-8-6-19-17(22)11-20/h3-4,9,13H,5-8,10-12H2,1-2H3,(H,19,22)/t13-/m0/s1. The molecule has 7 nitrogen and oxygen atoms in total. The van der Waals surface area contributed by atoms with Crippen LogP contribution in [0.2, 0.25) is 0 Å². The third-order valence-electron chi connectivity index (χ3n) is 4.89. The summed E-state index contributed by atoms with van der Waals surface area (Å²) >= 11 is 0. The summed E-state index contributed by atoms with van der Waals surface area (Å²) in [5, 5.41) is 2.78. The van der Waals surface area contributed by atoms with Crippen LogP contribution in [0.15, 0.2) is 18.2 Å². The van der Waals surface area contributed by atoms with E-state index in [1.165, 1.54) is 0 Å². The minimum Gasteiger partial charge on any atom is -0.497 e. The van der Waals surface area contributed by atoms with Crippen molar-refractivity contribution in [3.8, 4) is 11.5 Å². The number of benzene rings is 1. The first-order valence-electron chi connectivity index (χ1n) is 8.59. The van der Waals surface area contributed by atoms with E-state index in [0.717, 1.165) is 36.6 Å². The van der Waals surface area contributed by atoms with Crippen molar-refractivity contribution in [3.63, 3.8) is 0 Å². The Labute approximate surface area is 147 Å². The van der Waals surface area contributed by atoms with E-state index in [-0.39, 0.29) is 17.7 Å². The number of hydrogen-bond acceptors (Lipinski definition) is 5. The lowest BCUT2D eigenvalue weighted by Gasteiger charge is -2.27. The molecule has 0 radical (unpaired) electrons. The van der Waals surface area contributed by atoms with E-state index < -0.39 is 0 Å². The Hall–Kier alpha value is -2.28. The highest BCUT2D eigenvalue weighted by atomic mass is 16.5. The number of hydrogen-bond donors (Lipinski definition) is 1. The number of methoxy groups -OCH3 is 2. The Balaban J connectivity index is 1.63. The van der Waals surface area contributed by atoms with E-state index in [1.54, 1.807) is 14.2 Å². The van der Waals surface area contributed by atoms with Crippen molar-refractivity contribution in [3.05, 3.63) is 23.8 Å². The first-order chi connectivity index (χ1) is 12.1. The summed E-state index contributed by atoms with van der Waals surface area (Å²) in [5.41, 5.74) is 1.08. The van der Waals surface area contributed by atoms with Gasteiger partial charge in [-0.2, -0.15) is 0 Å². The molecule has 0 aromatic heterocycles. The lowest BCUT2D eigenvalue weighted by atomic mass is 9.97. The summed E-state index contributed by atoms with van der Waals surface area (Å²) in [6, 6.07) is 5.78. The number of nitrogens with zero attached hydrogens (tertiary/aromatic N) is 2. The molecule has 0 aliphatic carbocycles. The van der Waals surface area contributed by atoms with Crippen molar-refractivity contribution in [2.45, 2.75) is 12.3 Å². The van der Waals surface area contributed by atoms with E-state index >= 15 is 0 Å². The predicted octanol–water partition coefficient (Wildman–Crippen LogP) is 0.452. The highest BCUT2D eigenvalue weighted by Gasteiger charge is 2.30. The second kappa shape index (κ2) is 7.74. The lowest BCUT2D eigenvalue weighted by molar-refractivity contribution is -0.133. The molecule has 2 heterocycles. The number of rotatable bonds is 5. The first-order valence-corrected chi connectivity index (χ1v) is 8.59. The maximum Gasteiger partial charge on any atom is 0.236 e. The molecular formula is C18H25N3O4. The van der Waals surface area contributed by atoms with Crippen molar-refractivity contribution >= 4 is 11.8 Å². The molecule has 0 bridgehead atoms. The summed E-state index contributed by atoms with van der Waals surface area (Å²) in [6.07, 6.45) is 0.899. The molecule has 2 fully saturated rings. The molecule has 7 heteroatoms. The van der Waals surface area contributed by atoms with Gasteiger partial charge in [0.05, 0.1) is 27.3 Å². The zero-order valence-corrected chi connectivity index (χ0v) is 14.8. The smallest absolute Gasteiger partial charge is 0.236 e. The van der Waals surface area contributed by atoms with Gasteiger partial charge in [-0.25, -0.2) is 0 Å². The number of nitrogens with one attached hydrogen (secondary N) is 1. The van der Waals surface area contributed by atoms with Crippen molar-refractivity contribution in [2.24, 2.45) is 0 Å². The maximum atomic E-state index is 12.6. The van der Waals surface area contributed by atoms with E-state index in [9.17, 15) is 9.59 Å². The molecule has 2 aliphatic heterocycles. The topological polar surface area (TPSA) is 71.1 Å². The molecule has 1 aromatic carbocycles. The minimum absolute atomic E-state index is 0.0144. The van der Waals surface area contributed by atoms with Gasteiger partial charge in [0.15, 0.2) is 0 Å². The number of carbonyl (C=O) groups is 2. The molecule has 0 saturated carbocycles. The molecule has 0 spiro atoms. The van der Waals surface area contributed by atoms with Crippen LogP contribution in [0, 0.1) is 0 Å². The molecule has 25 heavy (non-hydrogen) atoms. The largest absolute Gasteiger partial charge is 0.497 e. The van der Waals surface area contributed by atoms with Gasteiger partial charge in [0.1, 0.15) is 11.5 Å². The van der Waals surface area contributed by atoms with Gasteiger partial charge in [-0.15, -0.1) is 0 Å². The molecule has 1 aromatic rings. The third-order valence-corrected chi connectivity index (χ3v) is 4.89. The minimum atomic E-state index is -0.0144. The van der Waals surface area contributed by atoms with Crippen molar-refractivity contribution in [1.82, 2.24) is 15.1 Å². The Morgan fingerprint density at radius 2 is 2.12 bits per heavy atom. The zero-order valence-electron chi connectivity index (χ0n) is 14.8. The quantitative estimate of drug-likeness (QED) is 0.838. The molecule has 2 saturated heterocycles. The van der Waals surface area contributed by atoms with Gasteiger partial charge in [0.2, 0.25) is 11.8 Å². The van der Waals surface area contributed by atoms with Crippen LogP contribution in [0.4, 0.5) is 0 Å². The van der Waals surface area contributed by atoms with Crippen molar-refractivity contribution in [1.29, 1.82) is 0 Å². The monoisotopic (exact) mass is 347 g/mol. The predicted molar refractivity (Wildman–Crippen MR) is 92.9 cm³/mol. The fourth-order valence-corrected chi connectivity index (χ4v) is 3.52. The van der Waals surface area contributed by atoms with E-state index in [1.807, 2.05) is 28.0 Å². The number of ether oxygens (including phenoxy) is 2. The van der Waals surface area contributed by atoms with Crippen LogP contribution in [-0.4, -0.2) is 75.1 Å². The van der Waals surface area contributed by atoms with Crippen molar-refractivity contribution in [2.75, 3.05) is 53.5 Å². The maximum absolute atomic E-state index is 12.6. The third kappa shape index (κ3) is 4.04. The Morgan fingerprint density at radius 1 is 1.28 bits per heavy atom. The van der Waals surface area contributed by atoms with Crippen LogP contribution in [0.25, 0.3) is 0 Å². The van der Waals surface area contributed by atoms with Crippen LogP contribution in [0.1, 0.15) is 17.9 Å². The van der Waals surface area contributed by atoms with Crippen molar-refractivity contribution < 1.29 is 19.1 Å².